The number of anilines is 1. The van der Waals surface area contributed by atoms with Crippen molar-refractivity contribution in [2.75, 3.05) is 4.90 Å². The number of alkyl halides is 3. The van der Waals surface area contributed by atoms with E-state index in [0.29, 0.717) is 4.90 Å². The molecule has 30 heavy (non-hydrogen) atoms. The van der Waals surface area contributed by atoms with E-state index in [1.54, 1.807) is 6.07 Å². The molecule has 0 saturated carbocycles. The average Bonchev–Trinajstić information content (AvgIpc) is 3.26. The average molecular weight is 432 g/mol. The number of furan rings is 1. The Bertz CT molecular complexity index is 1180. The highest BCUT2D eigenvalue weighted by molar-refractivity contribution is 8.19. The van der Waals surface area contributed by atoms with Crippen LogP contribution in [0.1, 0.15) is 11.3 Å². The van der Waals surface area contributed by atoms with Crippen LogP contribution in [0.4, 0.5) is 23.2 Å². The second-order valence-corrected chi connectivity index (χ2v) is 7.28. The highest BCUT2D eigenvalue weighted by atomic mass is 32.2. The Balaban J connectivity index is 1.66. The van der Waals surface area contributed by atoms with Gasteiger partial charge in [-0.3, -0.25) is 15.1 Å². The van der Waals surface area contributed by atoms with Gasteiger partial charge in [-0.2, -0.15) is 13.2 Å². The van der Waals surface area contributed by atoms with Crippen LogP contribution in [0.25, 0.3) is 17.4 Å². The Hall–Kier alpha value is -3.33. The number of para-hydroxylation sites is 1. The summed E-state index contributed by atoms with van der Waals surface area (Å²) < 4.78 is 59.4. The largest absolute Gasteiger partial charge is 0.457 e. The van der Waals surface area contributed by atoms with Crippen molar-refractivity contribution < 1.29 is 26.8 Å². The highest BCUT2D eigenvalue weighted by Gasteiger charge is 2.40. The van der Waals surface area contributed by atoms with Crippen molar-refractivity contribution >= 4 is 34.6 Å². The molecule has 0 aliphatic carbocycles. The number of hydrogen-bond acceptors (Lipinski definition) is 4. The van der Waals surface area contributed by atoms with E-state index in [-0.39, 0.29) is 27.2 Å². The summed E-state index contributed by atoms with van der Waals surface area (Å²) in [4.78, 5) is 13.5. The van der Waals surface area contributed by atoms with Crippen LogP contribution in [-0.2, 0) is 11.0 Å². The van der Waals surface area contributed by atoms with E-state index in [4.69, 9.17) is 9.83 Å². The quantitative estimate of drug-likeness (QED) is 0.398. The standard InChI is InChI=1S/C21H12F4N2O2S/c22-15-7-3-1-5-13(15)17-10-9-12(29-17)11-18-19(28)27(20(26)30-18)16-8-4-2-6-14(16)21(23,24)25/h1-11,26H. The van der Waals surface area contributed by atoms with Gasteiger partial charge in [0.1, 0.15) is 17.3 Å². The third kappa shape index (κ3) is 3.63. The molecule has 0 unspecified atom stereocenters. The van der Waals surface area contributed by atoms with E-state index in [2.05, 4.69) is 0 Å². The Morgan fingerprint density at radius 2 is 1.70 bits per heavy atom. The SMILES string of the molecule is N=C1SC(=Cc2ccc(-c3ccccc3F)o2)C(=O)N1c1ccccc1C(F)(F)F. The first-order chi connectivity index (χ1) is 14.3. The van der Waals surface area contributed by atoms with Gasteiger partial charge in [-0.1, -0.05) is 24.3 Å². The number of rotatable bonds is 3. The first kappa shape index (κ1) is 20.0. The smallest absolute Gasteiger partial charge is 0.418 e. The minimum Gasteiger partial charge on any atom is -0.457 e. The van der Waals surface area contributed by atoms with Crippen LogP contribution in [0, 0.1) is 11.2 Å². The second-order valence-electron chi connectivity index (χ2n) is 6.25. The van der Waals surface area contributed by atoms with Gasteiger partial charge < -0.3 is 4.42 Å². The summed E-state index contributed by atoms with van der Waals surface area (Å²) in [5, 5.41) is 7.66. The third-order valence-corrected chi connectivity index (χ3v) is 5.20. The van der Waals surface area contributed by atoms with E-state index >= 15 is 0 Å². The zero-order valence-electron chi connectivity index (χ0n) is 15.0. The monoisotopic (exact) mass is 432 g/mol. The number of benzene rings is 2. The molecule has 1 aliphatic heterocycles. The molecule has 1 aliphatic rings. The molecule has 152 valence electrons. The molecule has 4 nitrogen and oxygen atoms in total. The van der Waals surface area contributed by atoms with Crippen molar-refractivity contribution in [2.45, 2.75) is 6.18 Å². The summed E-state index contributed by atoms with van der Waals surface area (Å²) in [6, 6.07) is 13.6. The van der Waals surface area contributed by atoms with Gasteiger partial charge in [-0.15, -0.1) is 0 Å². The molecule has 4 rings (SSSR count). The van der Waals surface area contributed by atoms with Gasteiger partial charge in [-0.05, 0) is 48.2 Å². The van der Waals surface area contributed by atoms with Gasteiger partial charge in [0.2, 0.25) is 0 Å². The van der Waals surface area contributed by atoms with Crippen molar-refractivity contribution in [2.24, 2.45) is 0 Å². The van der Waals surface area contributed by atoms with Crippen molar-refractivity contribution in [3.05, 3.63) is 82.7 Å². The van der Waals surface area contributed by atoms with E-state index in [1.165, 1.54) is 48.5 Å². The fourth-order valence-electron chi connectivity index (χ4n) is 2.98. The molecule has 2 aromatic carbocycles. The van der Waals surface area contributed by atoms with Crippen LogP contribution >= 0.6 is 11.8 Å². The molecule has 2 heterocycles. The molecule has 3 aromatic rings. The highest BCUT2D eigenvalue weighted by Crippen LogP contribution is 2.42. The van der Waals surface area contributed by atoms with Gasteiger partial charge in [0.25, 0.3) is 5.91 Å². The maximum atomic E-state index is 13.9. The number of thioether (sulfide) groups is 1. The van der Waals surface area contributed by atoms with Crippen LogP contribution in [0.3, 0.4) is 0 Å². The number of nitrogens with one attached hydrogen (secondary N) is 1. The molecular weight excluding hydrogens is 420 g/mol. The minimum absolute atomic E-state index is 0.0198. The number of hydrogen-bond donors (Lipinski definition) is 1. The lowest BCUT2D eigenvalue weighted by Crippen LogP contribution is -2.30. The summed E-state index contributed by atoms with van der Waals surface area (Å²) in [7, 11) is 0. The molecule has 0 spiro atoms. The Morgan fingerprint density at radius 3 is 2.43 bits per heavy atom. The van der Waals surface area contributed by atoms with Gasteiger partial charge >= 0.3 is 6.18 Å². The van der Waals surface area contributed by atoms with Crippen molar-refractivity contribution in [1.29, 1.82) is 5.41 Å². The molecule has 0 radical (unpaired) electrons. The predicted molar refractivity (Wildman–Crippen MR) is 106 cm³/mol. The van der Waals surface area contributed by atoms with Crippen LogP contribution in [-0.4, -0.2) is 11.1 Å². The molecule has 1 aromatic heterocycles. The number of carbonyl (C=O) groups is 1. The number of amidine groups is 1. The summed E-state index contributed by atoms with van der Waals surface area (Å²) in [5.74, 6) is -0.799. The van der Waals surface area contributed by atoms with E-state index in [0.717, 1.165) is 23.9 Å². The number of carbonyl (C=O) groups excluding carboxylic acids is 1. The Kier molecular flexibility index (Phi) is 4.98. The lowest BCUT2D eigenvalue weighted by atomic mass is 10.1. The Morgan fingerprint density at radius 1 is 1.00 bits per heavy atom. The topological polar surface area (TPSA) is 57.3 Å². The van der Waals surface area contributed by atoms with Crippen LogP contribution in [0.5, 0.6) is 0 Å². The number of nitrogens with zero attached hydrogens (tertiary/aromatic N) is 1. The molecule has 1 amide bonds. The van der Waals surface area contributed by atoms with Gasteiger partial charge in [0, 0.05) is 6.08 Å². The normalized spacial score (nSPS) is 16.0. The molecule has 0 atom stereocenters. The van der Waals surface area contributed by atoms with Gasteiger partial charge in [0.15, 0.2) is 5.17 Å². The number of halogens is 4. The van der Waals surface area contributed by atoms with Crippen molar-refractivity contribution in [1.82, 2.24) is 0 Å². The van der Waals surface area contributed by atoms with Gasteiger partial charge in [-0.25, -0.2) is 4.39 Å². The van der Waals surface area contributed by atoms with Gasteiger partial charge in [0.05, 0.1) is 21.7 Å². The zero-order chi connectivity index (χ0) is 21.5. The summed E-state index contributed by atoms with van der Waals surface area (Å²) in [6.45, 7) is 0. The third-order valence-electron chi connectivity index (χ3n) is 4.31. The lowest BCUT2D eigenvalue weighted by Gasteiger charge is -2.19. The first-order valence-electron chi connectivity index (χ1n) is 8.59. The maximum absolute atomic E-state index is 13.9. The van der Waals surface area contributed by atoms with Crippen LogP contribution in [0.15, 0.2) is 70.0 Å². The van der Waals surface area contributed by atoms with Crippen LogP contribution in [0.2, 0.25) is 0 Å². The summed E-state index contributed by atoms with van der Waals surface area (Å²) in [5.41, 5.74) is -1.19. The zero-order valence-corrected chi connectivity index (χ0v) is 15.9. The minimum atomic E-state index is -4.68. The number of amides is 1. The summed E-state index contributed by atoms with van der Waals surface area (Å²) in [6.07, 6.45) is -3.36. The first-order valence-corrected chi connectivity index (χ1v) is 9.41. The summed E-state index contributed by atoms with van der Waals surface area (Å²) >= 11 is 0.718. The van der Waals surface area contributed by atoms with E-state index in [1.807, 2.05) is 0 Å². The van der Waals surface area contributed by atoms with E-state index < -0.39 is 29.2 Å². The molecule has 1 N–H and O–H groups in total. The second kappa shape index (κ2) is 7.49. The van der Waals surface area contributed by atoms with Crippen molar-refractivity contribution in [3.8, 4) is 11.3 Å². The maximum Gasteiger partial charge on any atom is 0.418 e. The van der Waals surface area contributed by atoms with E-state index in [9.17, 15) is 22.4 Å². The molecule has 9 heteroatoms. The molecule has 1 fully saturated rings. The van der Waals surface area contributed by atoms with Crippen molar-refractivity contribution in [3.63, 3.8) is 0 Å². The Labute approximate surface area is 172 Å². The lowest BCUT2D eigenvalue weighted by molar-refractivity contribution is -0.137. The fraction of sp³-hybridized carbons (Fsp3) is 0.0476. The molecule has 0 bridgehead atoms. The fourth-order valence-corrected chi connectivity index (χ4v) is 3.81. The predicted octanol–water partition coefficient (Wildman–Crippen LogP) is 6.16. The van der Waals surface area contributed by atoms with Crippen LogP contribution < -0.4 is 4.90 Å². The molecular formula is C21H12F4N2O2S. The molecule has 1 saturated heterocycles.